The lowest BCUT2D eigenvalue weighted by Crippen LogP contribution is -2.31. The van der Waals surface area contributed by atoms with Crippen LogP contribution in [-0.4, -0.2) is 35.5 Å². The molecule has 0 spiro atoms. The quantitative estimate of drug-likeness (QED) is 0.400. The normalized spacial score (nSPS) is 11.7. The number of aryl methyl sites for hydroxylation is 2. The van der Waals surface area contributed by atoms with Crippen molar-refractivity contribution in [2.45, 2.75) is 31.6 Å². The van der Waals surface area contributed by atoms with E-state index in [1.807, 2.05) is 19.9 Å². The molecule has 11 heteroatoms. The van der Waals surface area contributed by atoms with Crippen LogP contribution in [0.2, 0.25) is 0 Å². The summed E-state index contributed by atoms with van der Waals surface area (Å²) >= 11 is 0. The first-order valence-electron chi connectivity index (χ1n) is 11.1. The molecule has 3 rings (SSSR count). The summed E-state index contributed by atoms with van der Waals surface area (Å²) in [6.45, 7) is 3.87. The zero-order chi connectivity index (χ0) is 26.5. The van der Waals surface area contributed by atoms with Gasteiger partial charge in [-0.25, -0.2) is 21.2 Å². The largest absolute Gasteiger partial charge is 0.326 e. The molecule has 3 aromatic carbocycles. The number of carbonyl (C=O) groups excluding carboxylic acids is 1. The van der Waals surface area contributed by atoms with Gasteiger partial charge in [-0.3, -0.25) is 13.8 Å². The van der Waals surface area contributed by atoms with E-state index >= 15 is 0 Å². The topological polar surface area (TPSA) is 113 Å². The average Bonchev–Trinajstić information content (AvgIpc) is 2.79. The highest BCUT2D eigenvalue weighted by molar-refractivity contribution is 7.92. The molecule has 8 nitrogen and oxygen atoms in total. The van der Waals surface area contributed by atoms with Crippen molar-refractivity contribution < 1.29 is 26.0 Å². The maximum atomic E-state index is 13.2. The lowest BCUT2D eigenvalue weighted by Gasteiger charge is -2.22. The lowest BCUT2D eigenvalue weighted by molar-refractivity contribution is -0.116. The number of sulfonamides is 2. The van der Waals surface area contributed by atoms with Crippen molar-refractivity contribution in [1.82, 2.24) is 0 Å². The van der Waals surface area contributed by atoms with Crippen LogP contribution < -0.4 is 14.3 Å². The van der Waals surface area contributed by atoms with Crippen LogP contribution in [0.4, 0.5) is 21.5 Å². The number of benzene rings is 3. The van der Waals surface area contributed by atoms with E-state index in [0.717, 1.165) is 21.7 Å². The van der Waals surface area contributed by atoms with Gasteiger partial charge in [0.25, 0.3) is 10.0 Å². The van der Waals surface area contributed by atoms with Crippen LogP contribution in [0.1, 0.15) is 24.0 Å². The van der Waals surface area contributed by atoms with E-state index in [9.17, 15) is 26.0 Å². The summed E-state index contributed by atoms with van der Waals surface area (Å²) in [5, 5.41) is 2.67. The Bertz CT molecular complexity index is 1440. The number of halogens is 1. The minimum Gasteiger partial charge on any atom is -0.326 e. The minimum absolute atomic E-state index is 0.0294. The van der Waals surface area contributed by atoms with E-state index in [1.54, 1.807) is 12.1 Å². The van der Waals surface area contributed by atoms with E-state index in [-0.39, 0.29) is 30.2 Å². The minimum atomic E-state index is -3.80. The van der Waals surface area contributed by atoms with Gasteiger partial charge in [-0.2, -0.15) is 0 Å². The van der Waals surface area contributed by atoms with Gasteiger partial charge in [-0.05, 0) is 92.1 Å². The smallest absolute Gasteiger partial charge is 0.261 e. The van der Waals surface area contributed by atoms with Crippen LogP contribution in [0.3, 0.4) is 0 Å². The zero-order valence-electron chi connectivity index (χ0n) is 20.2. The SMILES string of the molecule is Cc1ccc(NS(=O)(=O)c2ccc(NC(=O)CCCN(c3ccc(F)cc3)S(C)(=O)=O)cc2)cc1C. The van der Waals surface area contributed by atoms with Gasteiger partial charge in [-0.15, -0.1) is 0 Å². The third-order valence-corrected chi connectivity index (χ3v) is 8.08. The third-order valence-electron chi connectivity index (χ3n) is 5.49. The Labute approximate surface area is 211 Å². The molecule has 0 aliphatic heterocycles. The maximum Gasteiger partial charge on any atom is 0.261 e. The first kappa shape index (κ1) is 27.2. The summed E-state index contributed by atoms with van der Waals surface area (Å²) in [6.07, 6.45) is 1.30. The fraction of sp³-hybridized carbons (Fsp3) is 0.240. The van der Waals surface area contributed by atoms with Crippen LogP contribution in [0.5, 0.6) is 0 Å². The van der Waals surface area contributed by atoms with Crippen molar-refractivity contribution in [2.75, 3.05) is 27.1 Å². The average molecular weight is 534 g/mol. The molecule has 0 heterocycles. The van der Waals surface area contributed by atoms with Crippen molar-refractivity contribution in [3.63, 3.8) is 0 Å². The van der Waals surface area contributed by atoms with E-state index in [1.165, 1.54) is 48.5 Å². The van der Waals surface area contributed by atoms with Gasteiger partial charge in [-0.1, -0.05) is 6.07 Å². The van der Waals surface area contributed by atoms with Gasteiger partial charge < -0.3 is 5.32 Å². The standard InChI is InChI=1S/C25H28FN3O5S2/c1-18-6-9-22(17-19(18)2)28-36(33,34)24-14-10-21(11-15-24)27-25(30)5-4-16-29(35(3,31)32)23-12-7-20(26)8-13-23/h6-15,17,28H,4-5,16H2,1-3H3,(H,27,30). The second-order valence-corrected chi connectivity index (χ2v) is 12.0. The van der Waals surface area contributed by atoms with Crippen LogP contribution in [0.25, 0.3) is 0 Å². The first-order chi connectivity index (χ1) is 16.8. The summed E-state index contributed by atoms with van der Waals surface area (Å²) in [6, 6.07) is 16.1. The van der Waals surface area contributed by atoms with Gasteiger partial charge in [0.2, 0.25) is 15.9 Å². The fourth-order valence-corrected chi connectivity index (χ4v) is 5.45. The molecule has 3 aromatic rings. The third kappa shape index (κ3) is 7.28. The van der Waals surface area contributed by atoms with Crippen LogP contribution in [0.15, 0.2) is 71.6 Å². The van der Waals surface area contributed by atoms with Gasteiger partial charge in [0.1, 0.15) is 5.82 Å². The summed E-state index contributed by atoms with van der Waals surface area (Å²) < 4.78 is 66.4. The molecule has 0 radical (unpaired) electrons. The van der Waals surface area contributed by atoms with Gasteiger partial charge in [0.05, 0.1) is 16.8 Å². The maximum absolute atomic E-state index is 13.2. The van der Waals surface area contributed by atoms with Gasteiger partial charge in [0, 0.05) is 24.3 Å². The molecule has 0 atom stereocenters. The van der Waals surface area contributed by atoms with Crippen molar-refractivity contribution in [1.29, 1.82) is 0 Å². The van der Waals surface area contributed by atoms with E-state index in [4.69, 9.17) is 0 Å². The second kappa shape index (κ2) is 11.1. The molecular weight excluding hydrogens is 505 g/mol. The molecule has 1 amide bonds. The molecular formula is C25H28FN3O5S2. The van der Waals surface area contributed by atoms with Crippen LogP contribution in [0, 0.1) is 19.7 Å². The molecule has 0 saturated carbocycles. The number of rotatable bonds is 10. The Morgan fingerprint density at radius 3 is 2.06 bits per heavy atom. The summed E-state index contributed by atoms with van der Waals surface area (Å²) in [7, 11) is -7.42. The predicted octanol–water partition coefficient (Wildman–Crippen LogP) is 4.43. The van der Waals surface area contributed by atoms with Crippen LogP contribution >= 0.6 is 0 Å². The molecule has 2 N–H and O–H groups in total. The molecule has 0 saturated heterocycles. The van der Waals surface area contributed by atoms with Crippen molar-refractivity contribution in [2.24, 2.45) is 0 Å². The number of anilines is 3. The van der Waals surface area contributed by atoms with Crippen molar-refractivity contribution in [3.8, 4) is 0 Å². The predicted molar refractivity (Wildman–Crippen MR) is 140 cm³/mol. The molecule has 192 valence electrons. The Morgan fingerprint density at radius 2 is 1.47 bits per heavy atom. The summed E-state index contributed by atoms with van der Waals surface area (Å²) in [4.78, 5) is 12.4. The number of hydrogen-bond acceptors (Lipinski definition) is 5. The van der Waals surface area contributed by atoms with Crippen molar-refractivity contribution in [3.05, 3.63) is 83.7 Å². The molecule has 0 aromatic heterocycles. The van der Waals surface area contributed by atoms with Gasteiger partial charge >= 0.3 is 0 Å². The van der Waals surface area contributed by atoms with Crippen LogP contribution in [-0.2, 0) is 24.8 Å². The highest BCUT2D eigenvalue weighted by atomic mass is 32.2. The van der Waals surface area contributed by atoms with Crippen molar-refractivity contribution >= 4 is 43.0 Å². The van der Waals surface area contributed by atoms with E-state index < -0.39 is 25.9 Å². The van der Waals surface area contributed by atoms with E-state index in [2.05, 4.69) is 10.0 Å². The molecule has 0 aliphatic carbocycles. The summed E-state index contributed by atoms with van der Waals surface area (Å²) in [5.74, 6) is -0.835. The molecule has 36 heavy (non-hydrogen) atoms. The number of amides is 1. The number of nitrogens with one attached hydrogen (secondary N) is 2. The Balaban J connectivity index is 1.57. The molecule has 0 unspecified atom stereocenters. The highest BCUT2D eigenvalue weighted by Gasteiger charge is 2.18. The molecule has 0 bridgehead atoms. The van der Waals surface area contributed by atoms with Gasteiger partial charge in [0.15, 0.2) is 0 Å². The zero-order valence-corrected chi connectivity index (χ0v) is 21.8. The Morgan fingerprint density at radius 1 is 0.861 bits per heavy atom. The number of carbonyl (C=O) groups is 1. The second-order valence-electron chi connectivity index (χ2n) is 8.39. The molecule has 0 fully saturated rings. The Kier molecular flexibility index (Phi) is 8.36. The number of nitrogens with zero attached hydrogens (tertiary/aromatic N) is 1. The summed E-state index contributed by atoms with van der Waals surface area (Å²) in [5.41, 5.74) is 3.19. The molecule has 0 aliphatic rings. The Hall–Kier alpha value is -3.44. The first-order valence-corrected chi connectivity index (χ1v) is 14.4. The lowest BCUT2D eigenvalue weighted by atomic mass is 10.1. The number of hydrogen-bond donors (Lipinski definition) is 2. The van der Waals surface area contributed by atoms with E-state index in [0.29, 0.717) is 17.1 Å². The monoisotopic (exact) mass is 533 g/mol. The highest BCUT2D eigenvalue weighted by Crippen LogP contribution is 2.21. The fourth-order valence-electron chi connectivity index (χ4n) is 3.44.